The van der Waals surface area contributed by atoms with E-state index in [0.717, 1.165) is 30.6 Å². The SMILES string of the molecule is CCCCCCCCc1ccsc1-c1ccc(-c2sc(-c3ccc(-c4cc(CCCCCCCC)c(-c5ccc(-c6sc(/C=C(\C#N)C(=O)O)cc6CCCCCCCC)s5)s4)s3)cc2CCCCCCCC)s1. The minimum atomic E-state index is -1.18. The molecule has 0 saturated carbocycles. The van der Waals surface area contributed by atoms with Crippen LogP contribution in [0.1, 0.15) is 209 Å². The Morgan fingerprint density at radius 3 is 1.19 bits per heavy atom. The zero-order chi connectivity index (χ0) is 51.9. The lowest BCUT2D eigenvalue weighted by Crippen LogP contribution is -1.96. The molecule has 0 aliphatic carbocycles. The number of nitrogens with zero attached hydrogens (tertiary/aromatic N) is 1. The van der Waals surface area contributed by atoms with Gasteiger partial charge in [-0.15, -0.1) is 79.4 Å². The molecule has 396 valence electrons. The second-order valence-electron chi connectivity index (χ2n) is 20.2. The van der Waals surface area contributed by atoms with Gasteiger partial charge in [0.15, 0.2) is 0 Å². The van der Waals surface area contributed by atoms with Gasteiger partial charge in [0.2, 0.25) is 0 Å². The number of thiophene rings is 7. The van der Waals surface area contributed by atoms with Crippen molar-refractivity contribution >= 4 is 91.4 Å². The first-order valence-corrected chi connectivity index (χ1v) is 34.2. The van der Waals surface area contributed by atoms with Crippen LogP contribution < -0.4 is 0 Å². The molecule has 0 aromatic carbocycles. The van der Waals surface area contributed by atoms with Crippen LogP contribution in [0.4, 0.5) is 0 Å². The average molecular weight is 1120 g/mol. The molecule has 0 unspecified atom stereocenters. The standard InChI is InChI=1S/C64H81NO2S7/c1-5-9-13-17-21-25-29-46-39-40-68-60(46)54-35-36-56(71-54)62-48(31-27-23-19-15-11-7-3)43-58(73-62)52-33-34-53(70-52)59-44-49(32-28-24-20-16-12-8-4)63(74-59)57-38-37-55(72-57)61-47(30-26-22-18-14-10-6-2)41-51(69-61)42-50(45-65)64(66)67/h33-44H,5-32H2,1-4H3,(H,66,67)/b50-42+. The molecule has 0 atom stereocenters. The topological polar surface area (TPSA) is 61.1 Å². The summed E-state index contributed by atoms with van der Waals surface area (Å²) in [6.07, 6.45) is 36.8. The molecule has 0 spiro atoms. The van der Waals surface area contributed by atoms with Gasteiger partial charge in [-0.25, -0.2) is 4.79 Å². The third-order valence-corrected chi connectivity index (χ3v) is 23.0. The molecule has 0 fully saturated rings. The minimum Gasteiger partial charge on any atom is -0.477 e. The average Bonchev–Trinajstić information content (AvgIpc) is 4.27. The second kappa shape index (κ2) is 31.7. The van der Waals surface area contributed by atoms with Crippen molar-refractivity contribution in [3.63, 3.8) is 0 Å². The summed E-state index contributed by atoms with van der Waals surface area (Å²) in [5.74, 6) is -1.18. The van der Waals surface area contributed by atoms with Crippen molar-refractivity contribution in [2.75, 3.05) is 0 Å². The van der Waals surface area contributed by atoms with Crippen molar-refractivity contribution in [2.45, 2.75) is 207 Å². The van der Waals surface area contributed by atoms with Crippen LogP contribution in [-0.2, 0) is 30.5 Å². The van der Waals surface area contributed by atoms with Crippen molar-refractivity contribution in [1.29, 1.82) is 5.26 Å². The molecule has 0 aliphatic heterocycles. The van der Waals surface area contributed by atoms with Gasteiger partial charge >= 0.3 is 5.97 Å². The molecule has 7 rings (SSSR count). The van der Waals surface area contributed by atoms with Gasteiger partial charge in [-0.05, 0) is 146 Å². The zero-order valence-corrected chi connectivity index (χ0v) is 50.6. The Kier molecular flexibility index (Phi) is 25.0. The highest BCUT2D eigenvalue weighted by Gasteiger charge is 2.22. The van der Waals surface area contributed by atoms with Gasteiger partial charge in [0.05, 0.1) is 0 Å². The lowest BCUT2D eigenvalue weighted by molar-refractivity contribution is -0.132. The fraction of sp³-hybridized carbons (Fsp3) is 0.500. The summed E-state index contributed by atoms with van der Waals surface area (Å²) < 4.78 is 0. The van der Waals surface area contributed by atoms with E-state index in [1.54, 1.807) is 17.4 Å². The predicted molar refractivity (Wildman–Crippen MR) is 334 cm³/mol. The van der Waals surface area contributed by atoms with Crippen LogP contribution >= 0.6 is 79.4 Å². The number of nitriles is 1. The normalized spacial score (nSPS) is 11.9. The van der Waals surface area contributed by atoms with E-state index in [4.69, 9.17) is 0 Å². The highest BCUT2D eigenvalue weighted by molar-refractivity contribution is 7.31. The fourth-order valence-electron chi connectivity index (χ4n) is 9.99. The number of carboxylic acid groups (broad SMARTS) is 1. The van der Waals surface area contributed by atoms with E-state index in [1.807, 2.05) is 74.1 Å². The molecule has 0 amide bonds. The van der Waals surface area contributed by atoms with Crippen LogP contribution in [0.25, 0.3) is 64.6 Å². The molecule has 0 saturated heterocycles. The predicted octanol–water partition coefficient (Wildman–Crippen LogP) is 23.7. The number of rotatable bonds is 36. The molecule has 7 aromatic heterocycles. The molecule has 7 heterocycles. The van der Waals surface area contributed by atoms with Crippen LogP contribution in [0.15, 0.2) is 71.6 Å². The molecule has 74 heavy (non-hydrogen) atoms. The van der Waals surface area contributed by atoms with E-state index in [0.29, 0.717) is 0 Å². The van der Waals surface area contributed by atoms with Crippen LogP contribution in [-0.4, -0.2) is 11.1 Å². The van der Waals surface area contributed by atoms with Gasteiger partial charge < -0.3 is 5.11 Å². The van der Waals surface area contributed by atoms with Crippen LogP contribution in [0, 0.1) is 11.3 Å². The Bertz CT molecular complexity index is 2820. The third kappa shape index (κ3) is 17.0. The smallest absolute Gasteiger partial charge is 0.346 e. The van der Waals surface area contributed by atoms with Crippen molar-refractivity contribution in [2.24, 2.45) is 0 Å². The van der Waals surface area contributed by atoms with E-state index in [2.05, 4.69) is 93.7 Å². The van der Waals surface area contributed by atoms with Gasteiger partial charge in [-0.2, -0.15) is 5.26 Å². The molecule has 0 bridgehead atoms. The van der Waals surface area contributed by atoms with Gasteiger partial charge in [-0.3, -0.25) is 0 Å². The number of hydrogen-bond acceptors (Lipinski definition) is 9. The lowest BCUT2D eigenvalue weighted by atomic mass is 10.0. The first kappa shape index (κ1) is 58.3. The van der Waals surface area contributed by atoms with E-state index in [1.165, 1.54) is 235 Å². The molecule has 0 aliphatic rings. The van der Waals surface area contributed by atoms with E-state index in [9.17, 15) is 15.2 Å². The second-order valence-corrected chi connectivity index (χ2v) is 27.6. The molecular formula is C64H81NO2S7. The Morgan fingerprint density at radius 1 is 0.419 bits per heavy atom. The summed E-state index contributed by atoms with van der Waals surface area (Å²) in [6.45, 7) is 9.15. The number of carbonyl (C=O) groups is 1. The largest absolute Gasteiger partial charge is 0.477 e. The maximum absolute atomic E-state index is 11.9. The Morgan fingerprint density at radius 2 is 0.770 bits per heavy atom. The minimum absolute atomic E-state index is 0.218. The lowest BCUT2D eigenvalue weighted by Gasteiger charge is -2.04. The molecule has 0 radical (unpaired) electrons. The van der Waals surface area contributed by atoms with Crippen molar-refractivity contribution in [3.05, 3.63) is 98.7 Å². The molecule has 10 heteroatoms. The molecule has 7 aromatic rings. The number of aryl methyl sites for hydroxylation is 4. The van der Waals surface area contributed by atoms with Crippen molar-refractivity contribution < 1.29 is 9.90 Å². The summed E-state index contributed by atoms with van der Waals surface area (Å²) in [6, 6.07) is 25.7. The summed E-state index contributed by atoms with van der Waals surface area (Å²) in [5.41, 5.74) is 5.55. The van der Waals surface area contributed by atoms with Gasteiger partial charge in [-0.1, -0.05) is 156 Å². The van der Waals surface area contributed by atoms with E-state index >= 15 is 0 Å². The van der Waals surface area contributed by atoms with E-state index in [-0.39, 0.29) is 5.57 Å². The monoisotopic (exact) mass is 1120 g/mol. The molecular weight excluding hydrogens is 1040 g/mol. The summed E-state index contributed by atoms with van der Waals surface area (Å²) in [4.78, 5) is 29.1. The van der Waals surface area contributed by atoms with Gasteiger partial charge in [0.25, 0.3) is 0 Å². The van der Waals surface area contributed by atoms with E-state index < -0.39 is 5.97 Å². The number of hydrogen-bond donors (Lipinski definition) is 1. The Labute approximate surface area is 473 Å². The van der Waals surface area contributed by atoms with Gasteiger partial charge in [0, 0.05) is 63.4 Å². The quantitative estimate of drug-likeness (QED) is 0.0242. The summed E-state index contributed by atoms with van der Waals surface area (Å²) >= 11 is 13.3. The van der Waals surface area contributed by atoms with Crippen molar-refractivity contribution in [3.8, 4) is 64.6 Å². The van der Waals surface area contributed by atoms with Crippen LogP contribution in [0.5, 0.6) is 0 Å². The molecule has 1 N–H and O–H groups in total. The number of aliphatic carboxylic acids is 1. The zero-order valence-electron chi connectivity index (χ0n) is 44.9. The number of unbranched alkanes of at least 4 members (excludes halogenated alkanes) is 20. The summed E-state index contributed by atoms with van der Waals surface area (Å²) in [5, 5.41) is 21.6. The first-order valence-electron chi connectivity index (χ1n) is 28.4. The maximum Gasteiger partial charge on any atom is 0.346 e. The Balaban J connectivity index is 1.15. The highest BCUT2D eigenvalue weighted by Crippen LogP contribution is 2.50. The van der Waals surface area contributed by atoms with Gasteiger partial charge in [0.1, 0.15) is 11.6 Å². The van der Waals surface area contributed by atoms with Crippen LogP contribution in [0.3, 0.4) is 0 Å². The Hall–Kier alpha value is -3.40. The summed E-state index contributed by atoms with van der Waals surface area (Å²) in [7, 11) is 0. The fourth-order valence-corrected chi connectivity index (χ4v) is 18.3. The van der Waals surface area contributed by atoms with Crippen molar-refractivity contribution in [1.82, 2.24) is 0 Å². The number of carboxylic acids is 1. The highest BCUT2D eigenvalue weighted by atomic mass is 32.1. The first-order chi connectivity index (χ1) is 36.3. The third-order valence-electron chi connectivity index (χ3n) is 14.2. The van der Waals surface area contributed by atoms with Crippen LogP contribution in [0.2, 0.25) is 0 Å². The maximum atomic E-state index is 11.9. The molecule has 3 nitrogen and oxygen atoms in total.